The highest BCUT2D eigenvalue weighted by atomic mass is 32.2. The molecule has 0 N–H and O–H groups in total. The van der Waals surface area contributed by atoms with E-state index < -0.39 is 0 Å². The smallest absolute Gasteiger partial charge is 0.0159 e. The van der Waals surface area contributed by atoms with Gasteiger partial charge in [-0.05, 0) is 72.9 Å². The highest BCUT2D eigenvalue weighted by Gasteiger charge is 2.17. The van der Waals surface area contributed by atoms with Crippen molar-refractivity contribution in [2.24, 2.45) is 0 Å². The maximum Gasteiger partial charge on any atom is 0.0159 e. The van der Waals surface area contributed by atoms with Gasteiger partial charge in [-0.1, -0.05) is 63.7 Å². The molecule has 2 aromatic carbocycles. The Hall–Kier alpha value is -1.21. The van der Waals surface area contributed by atoms with E-state index in [-0.39, 0.29) is 0 Å². The summed E-state index contributed by atoms with van der Waals surface area (Å²) in [6.07, 6.45) is 2.37. The Morgan fingerprint density at radius 2 is 1.13 bits per heavy atom. The monoisotopic (exact) mass is 326 g/mol. The van der Waals surface area contributed by atoms with Crippen LogP contribution in [-0.2, 0) is 0 Å². The maximum atomic E-state index is 2.35. The van der Waals surface area contributed by atoms with Gasteiger partial charge >= 0.3 is 0 Å². The number of rotatable bonds is 6. The summed E-state index contributed by atoms with van der Waals surface area (Å²) in [7, 11) is 0. The molecule has 0 aliphatic carbocycles. The zero-order valence-electron chi connectivity index (χ0n) is 15.4. The number of benzene rings is 2. The van der Waals surface area contributed by atoms with Gasteiger partial charge in [0, 0.05) is 9.79 Å². The summed E-state index contributed by atoms with van der Waals surface area (Å²) in [5, 5.41) is 0. The van der Waals surface area contributed by atoms with E-state index in [1.807, 2.05) is 11.8 Å². The van der Waals surface area contributed by atoms with Gasteiger partial charge in [-0.25, -0.2) is 0 Å². The van der Waals surface area contributed by atoms with Crippen LogP contribution < -0.4 is 0 Å². The third-order valence-corrected chi connectivity index (χ3v) is 6.15. The number of hydrogen-bond acceptors (Lipinski definition) is 1. The van der Waals surface area contributed by atoms with Crippen LogP contribution in [0.5, 0.6) is 0 Å². The molecule has 0 bridgehead atoms. The standard InChI is InChI=1S/C22H30S/c1-7-15(3)21-17(5)11-9-13-19(21)23-20-14-10-12-18(6)22(20)16(4)8-2/h9-16H,7-8H2,1-6H3. The molecule has 0 fully saturated rings. The molecule has 2 unspecified atom stereocenters. The van der Waals surface area contributed by atoms with Crippen molar-refractivity contribution < 1.29 is 0 Å². The van der Waals surface area contributed by atoms with Gasteiger partial charge in [-0.2, -0.15) is 0 Å². The first kappa shape index (κ1) is 18.1. The Morgan fingerprint density at radius 3 is 1.48 bits per heavy atom. The van der Waals surface area contributed by atoms with Gasteiger partial charge < -0.3 is 0 Å². The molecule has 0 aliphatic heterocycles. The first-order chi connectivity index (χ1) is 11.0. The zero-order chi connectivity index (χ0) is 17.0. The SMILES string of the molecule is CCC(C)c1c(C)cccc1Sc1cccc(C)c1C(C)CC. The van der Waals surface area contributed by atoms with E-state index in [1.54, 1.807) is 0 Å². The average molecular weight is 327 g/mol. The maximum absolute atomic E-state index is 2.35. The molecule has 0 spiro atoms. The van der Waals surface area contributed by atoms with Crippen LogP contribution in [0, 0.1) is 13.8 Å². The normalized spacial score (nSPS) is 13.8. The van der Waals surface area contributed by atoms with E-state index in [4.69, 9.17) is 0 Å². The fourth-order valence-electron chi connectivity index (χ4n) is 3.28. The van der Waals surface area contributed by atoms with Gasteiger partial charge in [0.25, 0.3) is 0 Å². The quantitative estimate of drug-likeness (QED) is 0.530. The van der Waals surface area contributed by atoms with Crippen molar-refractivity contribution in [2.75, 3.05) is 0 Å². The number of aryl methyl sites for hydroxylation is 2. The van der Waals surface area contributed by atoms with Crippen molar-refractivity contribution in [1.82, 2.24) is 0 Å². The first-order valence-electron chi connectivity index (χ1n) is 8.86. The molecule has 0 aliphatic rings. The van der Waals surface area contributed by atoms with E-state index in [9.17, 15) is 0 Å². The molecule has 0 saturated heterocycles. The predicted octanol–water partition coefficient (Wildman–Crippen LogP) is 7.48. The van der Waals surface area contributed by atoms with E-state index in [1.165, 1.54) is 44.9 Å². The summed E-state index contributed by atoms with van der Waals surface area (Å²) in [6, 6.07) is 13.5. The third kappa shape index (κ3) is 4.01. The van der Waals surface area contributed by atoms with Crippen molar-refractivity contribution in [3.63, 3.8) is 0 Å². The minimum absolute atomic E-state index is 0.607. The number of hydrogen-bond donors (Lipinski definition) is 0. The van der Waals surface area contributed by atoms with Gasteiger partial charge in [-0.3, -0.25) is 0 Å². The van der Waals surface area contributed by atoms with Crippen LogP contribution in [0.3, 0.4) is 0 Å². The van der Waals surface area contributed by atoms with E-state index in [2.05, 4.69) is 77.9 Å². The summed E-state index contributed by atoms with van der Waals surface area (Å²) in [5.74, 6) is 1.21. The molecule has 2 aromatic rings. The molecule has 2 atom stereocenters. The molecule has 0 saturated carbocycles. The Balaban J connectivity index is 2.49. The molecule has 0 radical (unpaired) electrons. The summed E-state index contributed by atoms with van der Waals surface area (Å²) in [5.41, 5.74) is 5.89. The lowest BCUT2D eigenvalue weighted by atomic mass is 9.94. The zero-order valence-corrected chi connectivity index (χ0v) is 16.3. The van der Waals surface area contributed by atoms with E-state index in [0.29, 0.717) is 11.8 Å². The molecule has 0 nitrogen and oxygen atoms in total. The van der Waals surface area contributed by atoms with Crippen LogP contribution in [0.15, 0.2) is 46.2 Å². The Morgan fingerprint density at radius 1 is 0.739 bits per heavy atom. The Labute approximate surface area is 146 Å². The van der Waals surface area contributed by atoms with Crippen LogP contribution in [0.1, 0.15) is 74.6 Å². The Kier molecular flexibility index (Phi) is 6.35. The minimum Gasteiger partial charge on any atom is -0.0895 e. The van der Waals surface area contributed by atoms with E-state index >= 15 is 0 Å². The lowest BCUT2D eigenvalue weighted by molar-refractivity contribution is 0.709. The van der Waals surface area contributed by atoms with Crippen LogP contribution in [0.2, 0.25) is 0 Å². The third-order valence-electron chi connectivity index (χ3n) is 5.00. The molecule has 0 amide bonds. The second-order valence-electron chi connectivity index (χ2n) is 6.69. The fraction of sp³-hybridized carbons (Fsp3) is 0.455. The van der Waals surface area contributed by atoms with Crippen molar-refractivity contribution in [1.29, 1.82) is 0 Å². The summed E-state index contributed by atoms with van der Waals surface area (Å²) in [6.45, 7) is 13.7. The predicted molar refractivity (Wildman–Crippen MR) is 104 cm³/mol. The molecular weight excluding hydrogens is 296 g/mol. The summed E-state index contributed by atoms with van der Waals surface area (Å²) in [4.78, 5) is 2.85. The van der Waals surface area contributed by atoms with E-state index in [0.717, 1.165) is 0 Å². The van der Waals surface area contributed by atoms with Crippen molar-refractivity contribution >= 4 is 11.8 Å². The van der Waals surface area contributed by atoms with Gasteiger partial charge in [0.15, 0.2) is 0 Å². The molecule has 0 aromatic heterocycles. The first-order valence-corrected chi connectivity index (χ1v) is 9.68. The highest BCUT2D eigenvalue weighted by molar-refractivity contribution is 7.99. The molecule has 0 heterocycles. The largest absolute Gasteiger partial charge is 0.0895 e. The molecular formula is C22H30S. The van der Waals surface area contributed by atoms with Crippen LogP contribution in [-0.4, -0.2) is 0 Å². The lowest BCUT2D eigenvalue weighted by Crippen LogP contribution is -2.00. The lowest BCUT2D eigenvalue weighted by Gasteiger charge is -2.21. The van der Waals surface area contributed by atoms with Crippen molar-refractivity contribution in [3.8, 4) is 0 Å². The van der Waals surface area contributed by atoms with Crippen molar-refractivity contribution in [3.05, 3.63) is 58.7 Å². The summed E-state index contributed by atoms with van der Waals surface area (Å²) < 4.78 is 0. The van der Waals surface area contributed by atoms with Crippen molar-refractivity contribution in [2.45, 2.75) is 76.0 Å². The summed E-state index contributed by atoms with van der Waals surface area (Å²) >= 11 is 1.96. The van der Waals surface area contributed by atoms with Crippen LogP contribution in [0.25, 0.3) is 0 Å². The Bertz CT molecular complexity index is 600. The molecule has 2 rings (SSSR count). The second kappa shape index (κ2) is 8.06. The fourth-order valence-corrected chi connectivity index (χ4v) is 4.75. The second-order valence-corrected chi connectivity index (χ2v) is 7.78. The molecule has 124 valence electrons. The molecule has 23 heavy (non-hydrogen) atoms. The van der Waals surface area contributed by atoms with Gasteiger partial charge in [0.05, 0.1) is 0 Å². The van der Waals surface area contributed by atoms with Crippen LogP contribution in [0.4, 0.5) is 0 Å². The van der Waals surface area contributed by atoms with Gasteiger partial charge in [-0.15, -0.1) is 0 Å². The average Bonchev–Trinajstić information content (AvgIpc) is 2.54. The van der Waals surface area contributed by atoms with Gasteiger partial charge in [0.2, 0.25) is 0 Å². The van der Waals surface area contributed by atoms with Crippen LogP contribution >= 0.6 is 11.8 Å². The minimum atomic E-state index is 0.607. The van der Waals surface area contributed by atoms with Gasteiger partial charge in [0.1, 0.15) is 0 Å². The highest BCUT2D eigenvalue weighted by Crippen LogP contribution is 2.41. The topological polar surface area (TPSA) is 0 Å². The molecule has 1 heteroatoms.